The summed E-state index contributed by atoms with van der Waals surface area (Å²) in [4.78, 5) is 1.24. The van der Waals surface area contributed by atoms with Gasteiger partial charge in [0.15, 0.2) is 0 Å². The Kier molecular flexibility index (Phi) is 1.76. The Balaban J connectivity index is 2.85. The maximum absolute atomic E-state index is 8.91. The van der Waals surface area contributed by atoms with E-state index in [-0.39, 0.29) is 0 Å². The van der Waals surface area contributed by atoms with E-state index in [0.717, 1.165) is 0 Å². The molecule has 0 amide bonds. The normalized spacial score (nSPS) is 10.6. The Labute approximate surface area is 59.0 Å². The molecule has 1 heterocycles. The minimum atomic E-state index is 0.392. The molecule has 0 saturated carbocycles. The fraction of sp³-hybridized carbons (Fsp3) is 0.429. The third-order valence-electron chi connectivity index (χ3n) is 1.17. The molecule has 1 rings (SSSR count). The first-order chi connectivity index (χ1) is 4.20. The van der Waals surface area contributed by atoms with Gasteiger partial charge in [0.1, 0.15) is 5.75 Å². The summed E-state index contributed by atoms with van der Waals surface area (Å²) in [5.74, 6) is 0.930. The summed E-state index contributed by atoms with van der Waals surface area (Å²) in [6.07, 6.45) is 0. The molecule has 0 bridgehead atoms. The van der Waals surface area contributed by atoms with Crippen LogP contribution in [0.15, 0.2) is 11.4 Å². The second-order valence-electron chi connectivity index (χ2n) is 2.36. The number of aromatic hydroxyl groups is 1. The first-order valence-corrected chi connectivity index (χ1v) is 3.85. The second kappa shape index (κ2) is 2.40. The van der Waals surface area contributed by atoms with Crippen molar-refractivity contribution in [3.8, 4) is 5.75 Å². The van der Waals surface area contributed by atoms with Crippen molar-refractivity contribution in [3.05, 3.63) is 16.3 Å². The first kappa shape index (κ1) is 6.62. The van der Waals surface area contributed by atoms with Crippen molar-refractivity contribution >= 4 is 11.3 Å². The summed E-state index contributed by atoms with van der Waals surface area (Å²) in [5, 5.41) is 10.7. The Morgan fingerprint density at radius 3 is 2.44 bits per heavy atom. The quantitative estimate of drug-likeness (QED) is 0.639. The molecule has 0 aliphatic carbocycles. The predicted molar refractivity (Wildman–Crippen MR) is 40.1 cm³/mol. The van der Waals surface area contributed by atoms with E-state index < -0.39 is 0 Å². The van der Waals surface area contributed by atoms with Gasteiger partial charge in [-0.2, -0.15) is 0 Å². The van der Waals surface area contributed by atoms with Gasteiger partial charge in [0, 0.05) is 10.3 Å². The Morgan fingerprint density at radius 1 is 1.56 bits per heavy atom. The zero-order chi connectivity index (χ0) is 6.85. The summed E-state index contributed by atoms with van der Waals surface area (Å²) in [6.45, 7) is 4.23. The minimum absolute atomic E-state index is 0.392. The summed E-state index contributed by atoms with van der Waals surface area (Å²) in [7, 11) is 0. The van der Waals surface area contributed by atoms with Crippen LogP contribution in [0.25, 0.3) is 0 Å². The molecule has 0 saturated heterocycles. The van der Waals surface area contributed by atoms with Gasteiger partial charge in [-0.1, -0.05) is 13.8 Å². The molecule has 0 aliphatic heterocycles. The van der Waals surface area contributed by atoms with E-state index in [1.165, 1.54) is 4.88 Å². The van der Waals surface area contributed by atoms with Gasteiger partial charge in [-0.05, 0) is 12.0 Å². The largest absolute Gasteiger partial charge is 0.507 e. The molecule has 1 nitrogen and oxygen atoms in total. The number of rotatable bonds is 1. The Morgan fingerprint density at radius 2 is 2.22 bits per heavy atom. The molecule has 0 unspecified atom stereocenters. The summed E-state index contributed by atoms with van der Waals surface area (Å²) < 4.78 is 0. The van der Waals surface area contributed by atoms with Crippen LogP contribution in [0.2, 0.25) is 0 Å². The zero-order valence-electron chi connectivity index (χ0n) is 5.59. The maximum Gasteiger partial charge on any atom is 0.126 e. The van der Waals surface area contributed by atoms with Crippen molar-refractivity contribution < 1.29 is 5.11 Å². The molecule has 1 aromatic heterocycles. The summed E-state index contributed by atoms with van der Waals surface area (Å²) in [5.41, 5.74) is 0. The van der Waals surface area contributed by atoms with Gasteiger partial charge in [-0.15, -0.1) is 11.3 Å². The Bertz CT molecular complexity index is 191. The molecule has 0 atom stereocenters. The highest BCUT2D eigenvalue weighted by Gasteiger charge is 2.00. The number of hydrogen-bond acceptors (Lipinski definition) is 2. The highest BCUT2D eigenvalue weighted by Crippen LogP contribution is 2.26. The molecular formula is C7H10OS. The van der Waals surface area contributed by atoms with Crippen LogP contribution in [0, 0.1) is 0 Å². The van der Waals surface area contributed by atoms with Crippen molar-refractivity contribution in [2.45, 2.75) is 19.8 Å². The third-order valence-corrected chi connectivity index (χ3v) is 2.40. The standard InChI is InChI=1S/C7H10OS/c1-5(2)7-3-6(8)4-9-7/h3-5,8H,1-2H3. The lowest BCUT2D eigenvalue weighted by Gasteiger charge is -1.95. The number of hydrogen-bond donors (Lipinski definition) is 1. The number of thiophene rings is 1. The van der Waals surface area contributed by atoms with Crippen LogP contribution in [0.1, 0.15) is 24.6 Å². The van der Waals surface area contributed by atoms with Gasteiger partial charge < -0.3 is 5.11 Å². The average molecular weight is 142 g/mol. The van der Waals surface area contributed by atoms with Crippen molar-refractivity contribution in [1.29, 1.82) is 0 Å². The minimum Gasteiger partial charge on any atom is -0.507 e. The molecule has 0 radical (unpaired) electrons. The van der Waals surface area contributed by atoms with Gasteiger partial charge >= 0.3 is 0 Å². The van der Waals surface area contributed by atoms with E-state index in [4.69, 9.17) is 5.11 Å². The van der Waals surface area contributed by atoms with E-state index >= 15 is 0 Å². The molecule has 50 valence electrons. The summed E-state index contributed by atoms with van der Waals surface area (Å²) in [6, 6.07) is 1.81. The molecule has 0 fully saturated rings. The van der Waals surface area contributed by atoms with Crippen molar-refractivity contribution in [2.75, 3.05) is 0 Å². The molecule has 1 aromatic rings. The second-order valence-corrected chi connectivity index (χ2v) is 3.30. The molecule has 0 aliphatic rings. The van der Waals surface area contributed by atoms with Crippen LogP contribution in [-0.4, -0.2) is 5.11 Å². The van der Waals surface area contributed by atoms with Crippen LogP contribution < -0.4 is 0 Å². The molecular weight excluding hydrogens is 132 g/mol. The van der Waals surface area contributed by atoms with Crippen LogP contribution in [0.5, 0.6) is 5.75 Å². The van der Waals surface area contributed by atoms with Gasteiger partial charge in [0.05, 0.1) is 0 Å². The van der Waals surface area contributed by atoms with Crippen LogP contribution in [0.4, 0.5) is 0 Å². The first-order valence-electron chi connectivity index (χ1n) is 2.97. The van der Waals surface area contributed by atoms with Gasteiger partial charge in [-0.25, -0.2) is 0 Å². The fourth-order valence-corrected chi connectivity index (χ4v) is 1.43. The van der Waals surface area contributed by atoms with E-state index in [2.05, 4.69) is 13.8 Å². The lowest BCUT2D eigenvalue weighted by Crippen LogP contribution is -1.77. The SMILES string of the molecule is CC(C)c1cc(O)cs1. The third kappa shape index (κ3) is 1.45. The van der Waals surface area contributed by atoms with E-state index in [1.54, 1.807) is 16.7 Å². The zero-order valence-corrected chi connectivity index (χ0v) is 6.40. The fourth-order valence-electron chi connectivity index (χ4n) is 0.645. The van der Waals surface area contributed by atoms with Crippen LogP contribution in [-0.2, 0) is 0 Å². The van der Waals surface area contributed by atoms with Gasteiger partial charge in [0.25, 0.3) is 0 Å². The predicted octanol–water partition coefficient (Wildman–Crippen LogP) is 2.58. The smallest absolute Gasteiger partial charge is 0.126 e. The van der Waals surface area contributed by atoms with Gasteiger partial charge in [-0.3, -0.25) is 0 Å². The molecule has 2 heteroatoms. The highest BCUT2D eigenvalue weighted by atomic mass is 32.1. The molecule has 0 aromatic carbocycles. The van der Waals surface area contributed by atoms with Crippen LogP contribution in [0.3, 0.4) is 0 Å². The molecule has 0 spiro atoms. The average Bonchev–Trinajstić information content (AvgIpc) is 2.14. The van der Waals surface area contributed by atoms with E-state index in [9.17, 15) is 0 Å². The maximum atomic E-state index is 8.91. The topological polar surface area (TPSA) is 20.2 Å². The molecule has 1 N–H and O–H groups in total. The lowest BCUT2D eigenvalue weighted by molar-refractivity contribution is 0.477. The van der Waals surface area contributed by atoms with E-state index in [1.807, 2.05) is 6.07 Å². The Hall–Kier alpha value is -0.500. The van der Waals surface area contributed by atoms with E-state index in [0.29, 0.717) is 11.7 Å². The highest BCUT2D eigenvalue weighted by molar-refractivity contribution is 7.10. The van der Waals surface area contributed by atoms with Crippen molar-refractivity contribution in [3.63, 3.8) is 0 Å². The van der Waals surface area contributed by atoms with Crippen LogP contribution >= 0.6 is 11.3 Å². The lowest BCUT2D eigenvalue weighted by atomic mass is 10.2. The van der Waals surface area contributed by atoms with Crippen molar-refractivity contribution in [1.82, 2.24) is 0 Å². The van der Waals surface area contributed by atoms with Gasteiger partial charge in [0.2, 0.25) is 0 Å². The summed E-state index contributed by atoms with van der Waals surface area (Å²) >= 11 is 1.61. The molecule has 9 heavy (non-hydrogen) atoms. The van der Waals surface area contributed by atoms with Crippen molar-refractivity contribution in [2.24, 2.45) is 0 Å². The monoisotopic (exact) mass is 142 g/mol.